The Balaban J connectivity index is 1.52. The molecule has 2 heterocycles. The Hall–Kier alpha value is -3.37. The lowest BCUT2D eigenvalue weighted by molar-refractivity contribution is -0.139. The molecule has 0 unspecified atom stereocenters. The smallest absolute Gasteiger partial charge is 0.350 e. The maximum absolute atomic E-state index is 13.4. The second-order valence-corrected chi connectivity index (χ2v) is 9.47. The molecule has 4 rings (SSSR count). The molecule has 0 saturated carbocycles. The Morgan fingerprint density at radius 2 is 1.79 bits per heavy atom. The van der Waals surface area contributed by atoms with Gasteiger partial charge in [0.2, 0.25) is 9.84 Å². The number of pyridine rings is 1. The predicted molar refractivity (Wildman–Crippen MR) is 116 cm³/mol. The number of nitrogens with one attached hydrogen (secondary N) is 2. The normalized spacial score (nSPS) is 12.1. The summed E-state index contributed by atoms with van der Waals surface area (Å²) < 4.78 is 65.7. The number of H-pyrrole nitrogens is 1. The molecule has 0 aliphatic heterocycles. The van der Waals surface area contributed by atoms with E-state index in [9.17, 15) is 26.4 Å². The van der Waals surface area contributed by atoms with E-state index >= 15 is 0 Å². The van der Waals surface area contributed by atoms with Gasteiger partial charge in [-0.2, -0.15) is 13.2 Å². The van der Waals surface area contributed by atoms with Gasteiger partial charge in [0.1, 0.15) is 5.69 Å². The van der Waals surface area contributed by atoms with Gasteiger partial charge in [0.25, 0.3) is 5.91 Å². The molecule has 2 N–H and O–H groups in total. The van der Waals surface area contributed by atoms with Crippen molar-refractivity contribution in [2.45, 2.75) is 22.5 Å². The van der Waals surface area contributed by atoms with E-state index < -0.39 is 26.5 Å². The molecular formula is C22H15ClF3N3O3S. The summed E-state index contributed by atoms with van der Waals surface area (Å²) in [6.07, 6.45) is -1.68. The van der Waals surface area contributed by atoms with Gasteiger partial charge in [0.15, 0.2) is 0 Å². The summed E-state index contributed by atoms with van der Waals surface area (Å²) in [4.78, 5) is 18.1. The van der Waals surface area contributed by atoms with Crippen molar-refractivity contribution < 1.29 is 26.4 Å². The van der Waals surface area contributed by atoms with Crippen LogP contribution >= 0.6 is 11.6 Å². The molecule has 0 aliphatic rings. The monoisotopic (exact) mass is 493 g/mol. The fraction of sp³-hybridized carbons (Fsp3) is 0.0909. The second kappa shape index (κ2) is 8.53. The molecule has 0 bridgehead atoms. The highest BCUT2D eigenvalue weighted by atomic mass is 35.5. The summed E-state index contributed by atoms with van der Waals surface area (Å²) >= 11 is 5.63. The fourth-order valence-corrected chi connectivity index (χ4v) is 4.88. The van der Waals surface area contributed by atoms with Crippen LogP contribution < -0.4 is 5.32 Å². The minimum atomic E-state index is -4.89. The first kappa shape index (κ1) is 22.8. The van der Waals surface area contributed by atoms with E-state index in [4.69, 9.17) is 11.6 Å². The van der Waals surface area contributed by atoms with Crippen LogP contribution in [0.5, 0.6) is 0 Å². The third kappa shape index (κ3) is 4.71. The molecule has 0 spiro atoms. The van der Waals surface area contributed by atoms with Crippen LogP contribution in [0.2, 0.25) is 5.02 Å². The van der Waals surface area contributed by atoms with Crippen LogP contribution in [0, 0.1) is 0 Å². The first-order valence-electron chi connectivity index (χ1n) is 9.47. The van der Waals surface area contributed by atoms with Crippen molar-refractivity contribution in [3.8, 4) is 0 Å². The number of halogens is 4. The highest BCUT2D eigenvalue weighted by Gasteiger charge is 2.37. The van der Waals surface area contributed by atoms with Crippen LogP contribution in [0.4, 0.5) is 13.2 Å². The van der Waals surface area contributed by atoms with Gasteiger partial charge in [-0.3, -0.25) is 9.78 Å². The summed E-state index contributed by atoms with van der Waals surface area (Å²) in [6.45, 7) is 0.0848. The topological polar surface area (TPSA) is 91.9 Å². The number of carbonyl (C=O) groups is 1. The van der Waals surface area contributed by atoms with E-state index in [1.807, 2.05) is 0 Å². The zero-order valence-electron chi connectivity index (χ0n) is 16.7. The number of rotatable bonds is 5. The Morgan fingerprint density at radius 1 is 1.06 bits per heavy atom. The fourth-order valence-electron chi connectivity index (χ4n) is 3.24. The van der Waals surface area contributed by atoms with Crippen LogP contribution in [0.3, 0.4) is 0 Å². The van der Waals surface area contributed by atoms with Crippen molar-refractivity contribution in [3.63, 3.8) is 0 Å². The van der Waals surface area contributed by atoms with Gasteiger partial charge in [-0.1, -0.05) is 23.7 Å². The van der Waals surface area contributed by atoms with Gasteiger partial charge in [0.05, 0.1) is 15.4 Å². The third-order valence-corrected chi connectivity index (χ3v) is 6.95. The van der Waals surface area contributed by atoms with Gasteiger partial charge in [0, 0.05) is 34.9 Å². The van der Waals surface area contributed by atoms with Gasteiger partial charge < -0.3 is 10.3 Å². The van der Waals surface area contributed by atoms with Crippen LogP contribution in [0.25, 0.3) is 10.9 Å². The number of aromatic nitrogens is 2. The molecule has 2 aromatic heterocycles. The molecule has 2 aromatic carbocycles. The average Bonchev–Trinajstić information content (AvgIpc) is 3.21. The Labute approximate surface area is 191 Å². The maximum atomic E-state index is 13.4. The van der Waals surface area contributed by atoms with Gasteiger partial charge in [-0.05, 0) is 48.0 Å². The number of amides is 1. The number of fused-ring (bicyclic) bond motifs is 1. The quantitative estimate of drug-likeness (QED) is 0.409. The summed E-state index contributed by atoms with van der Waals surface area (Å²) in [5.41, 5.74) is 0.317. The molecule has 1 amide bonds. The maximum Gasteiger partial charge on any atom is 0.417 e. The Kier molecular flexibility index (Phi) is 5.89. The highest BCUT2D eigenvalue weighted by molar-refractivity contribution is 7.91. The lowest BCUT2D eigenvalue weighted by atomic mass is 10.2. The molecule has 0 fully saturated rings. The lowest BCUT2D eigenvalue weighted by Crippen LogP contribution is -2.23. The van der Waals surface area contributed by atoms with E-state index in [0.717, 1.165) is 23.0 Å². The first-order valence-corrected chi connectivity index (χ1v) is 11.3. The standard InChI is InChI=1S/C22H15ClF3N3O3S/c23-15-3-6-20(17(10-15)22(24,25)26)33(31,32)16-4-1-13(2-5-16)11-28-21(30)19-9-14-12-27-8-7-18(14)29-19/h1-10,12,29H,11H2,(H,28,30). The van der Waals surface area contributed by atoms with Crippen LogP contribution in [0.15, 0.2) is 76.8 Å². The molecule has 33 heavy (non-hydrogen) atoms. The van der Waals surface area contributed by atoms with Crippen molar-refractivity contribution in [3.05, 3.63) is 88.8 Å². The number of carbonyl (C=O) groups excluding carboxylic acids is 1. The summed E-state index contributed by atoms with van der Waals surface area (Å²) in [6, 6.07) is 11.1. The zero-order chi connectivity index (χ0) is 23.8. The first-order chi connectivity index (χ1) is 15.6. The second-order valence-electron chi connectivity index (χ2n) is 7.11. The van der Waals surface area contributed by atoms with Gasteiger partial charge in [-0.25, -0.2) is 8.42 Å². The summed E-state index contributed by atoms with van der Waals surface area (Å²) in [5, 5.41) is 3.25. The molecule has 6 nitrogen and oxygen atoms in total. The van der Waals surface area contributed by atoms with E-state index in [1.54, 1.807) is 24.5 Å². The molecule has 0 aliphatic carbocycles. The number of benzene rings is 2. The van der Waals surface area contributed by atoms with E-state index in [-0.39, 0.29) is 22.4 Å². The molecule has 0 radical (unpaired) electrons. The van der Waals surface area contributed by atoms with Crippen LogP contribution in [-0.2, 0) is 22.6 Å². The number of alkyl halides is 3. The average molecular weight is 494 g/mol. The van der Waals surface area contributed by atoms with E-state index in [2.05, 4.69) is 15.3 Å². The predicted octanol–water partition coefficient (Wildman–Crippen LogP) is 5.00. The number of hydrogen-bond donors (Lipinski definition) is 2. The lowest BCUT2D eigenvalue weighted by Gasteiger charge is -2.14. The molecule has 0 saturated heterocycles. The van der Waals surface area contributed by atoms with Crippen LogP contribution in [-0.4, -0.2) is 24.3 Å². The van der Waals surface area contributed by atoms with Gasteiger partial charge >= 0.3 is 6.18 Å². The number of nitrogens with zero attached hydrogens (tertiary/aromatic N) is 1. The molecule has 170 valence electrons. The van der Waals surface area contributed by atoms with E-state index in [1.165, 1.54) is 24.3 Å². The third-order valence-electron chi connectivity index (χ3n) is 4.89. The molecular weight excluding hydrogens is 479 g/mol. The van der Waals surface area contributed by atoms with Crippen molar-refractivity contribution in [1.29, 1.82) is 0 Å². The zero-order valence-corrected chi connectivity index (χ0v) is 18.2. The van der Waals surface area contributed by atoms with E-state index in [0.29, 0.717) is 17.3 Å². The largest absolute Gasteiger partial charge is 0.417 e. The Bertz CT molecular complexity index is 1420. The molecule has 11 heteroatoms. The molecule has 4 aromatic rings. The summed E-state index contributed by atoms with van der Waals surface area (Å²) in [7, 11) is -4.45. The van der Waals surface area contributed by atoms with Crippen molar-refractivity contribution in [2.24, 2.45) is 0 Å². The van der Waals surface area contributed by atoms with Crippen molar-refractivity contribution in [1.82, 2.24) is 15.3 Å². The number of aromatic amines is 1. The van der Waals surface area contributed by atoms with Crippen molar-refractivity contribution >= 4 is 38.2 Å². The minimum absolute atomic E-state index is 0.0848. The minimum Gasteiger partial charge on any atom is -0.350 e. The SMILES string of the molecule is O=C(NCc1ccc(S(=O)(=O)c2ccc(Cl)cc2C(F)(F)F)cc1)c1cc2cnccc2[nH]1. The van der Waals surface area contributed by atoms with Gasteiger partial charge in [-0.15, -0.1) is 0 Å². The highest BCUT2D eigenvalue weighted by Crippen LogP contribution is 2.37. The number of hydrogen-bond acceptors (Lipinski definition) is 4. The van der Waals surface area contributed by atoms with Crippen molar-refractivity contribution in [2.75, 3.05) is 0 Å². The number of sulfone groups is 1. The Morgan fingerprint density at radius 3 is 2.45 bits per heavy atom. The molecule has 0 atom stereocenters. The van der Waals surface area contributed by atoms with Crippen LogP contribution in [0.1, 0.15) is 21.6 Å². The summed E-state index contributed by atoms with van der Waals surface area (Å²) in [5.74, 6) is -0.376.